The van der Waals surface area contributed by atoms with Crippen LogP contribution in [0, 0.1) is 0 Å². The molecule has 2 heteroatoms. The van der Waals surface area contributed by atoms with E-state index in [1.807, 2.05) is 0 Å². The molecule has 1 fully saturated rings. The van der Waals surface area contributed by atoms with Gasteiger partial charge in [-0.2, -0.15) is 0 Å². The zero-order valence-electron chi connectivity index (χ0n) is 18.1. The van der Waals surface area contributed by atoms with Crippen molar-refractivity contribution in [1.29, 1.82) is 0 Å². The molecule has 0 aromatic carbocycles. The normalized spacial score (nSPS) is 15.9. The highest BCUT2D eigenvalue weighted by Gasteiger charge is 2.26. The quantitative estimate of drug-likeness (QED) is 0.513. The first-order chi connectivity index (χ1) is 13.2. The summed E-state index contributed by atoms with van der Waals surface area (Å²) in [5, 5.41) is 0. The second-order valence-electron chi connectivity index (χ2n) is 7.99. The number of aromatic amines is 2. The summed E-state index contributed by atoms with van der Waals surface area (Å²) in [5.41, 5.74) is 11.7. The number of nitrogens with one attached hydrogen (secondary N) is 2. The molecule has 0 amide bonds. The van der Waals surface area contributed by atoms with Gasteiger partial charge in [-0.05, 0) is 79.7 Å². The molecule has 1 aliphatic carbocycles. The molecule has 0 unspecified atom stereocenters. The minimum atomic E-state index is 0.730. The van der Waals surface area contributed by atoms with Gasteiger partial charge >= 0.3 is 0 Å². The molecular formula is C25H38N2. The summed E-state index contributed by atoms with van der Waals surface area (Å²) in [7, 11) is 0. The fourth-order valence-corrected chi connectivity index (χ4v) is 5.26. The predicted molar refractivity (Wildman–Crippen MR) is 119 cm³/mol. The van der Waals surface area contributed by atoms with Crippen LogP contribution in [0.1, 0.15) is 106 Å². The van der Waals surface area contributed by atoms with E-state index in [2.05, 4.69) is 56.7 Å². The van der Waals surface area contributed by atoms with Crippen LogP contribution in [0.25, 0.3) is 17.5 Å². The Labute approximate surface area is 165 Å². The van der Waals surface area contributed by atoms with Crippen LogP contribution in [0.2, 0.25) is 0 Å². The molecule has 148 valence electrons. The Morgan fingerprint density at radius 1 is 0.741 bits per heavy atom. The zero-order valence-corrected chi connectivity index (χ0v) is 18.1. The summed E-state index contributed by atoms with van der Waals surface area (Å²) >= 11 is 0. The summed E-state index contributed by atoms with van der Waals surface area (Å²) in [5.74, 6) is 0.730. The fraction of sp³-hybridized carbons (Fsp3) is 0.600. The molecule has 2 aromatic rings. The minimum Gasteiger partial charge on any atom is -0.356 e. The van der Waals surface area contributed by atoms with Crippen molar-refractivity contribution in [2.45, 2.75) is 98.3 Å². The van der Waals surface area contributed by atoms with Crippen LogP contribution < -0.4 is 0 Å². The van der Waals surface area contributed by atoms with Crippen LogP contribution >= 0.6 is 0 Å². The van der Waals surface area contributed by atoms with E-state index in [1.165, 1.54) is 60.3 Å². The molecule has 2 aromatic heterocycles. The van der Waals surface area contributed by atoms with E-state index in [0.717, 1.165) is 31.6 Å². The third kappa shape index (κ3) is 3.68. The van der Waals surface area contributed by atoms with Gasteiger partial charge in [0.15, 0.2) is 0 Å². The van der Waals surface area contributed by atoms with E-state index >= 15 is 0 Å². The molecule has 27 heavy (non-hydrogen) atoms. The highest BCUT2D eigenvalue weighted by atomic mass is 14.8. The maximum Gasteiger partial charge on any atom is 0.0662 e. The van der Waals surface area contributed by atoms with Crippen LogP contribution in [0.3, 0.4) is 0 Å². The van der Waals surface area contributed by atoms with E-state index in [4.69, 9.17) is 0 Å². The van der Waals surface area contributed by atoms with Gasteiger partial charge in [-0.15, -0.1) is 0 Å². The third-order valence-corrected chi connectivity index (χ3v) is 6.51. The molecule has 2 nitrogen and oxygen atoms in total. The first-order valence-corrected chi connectivity index (χ1v) is 11.3. The number of hydrogen-bond donors (Lipinski definition) is 2. The van der Waals surface area contributed by atoms with Crippen molar-refractivity contribution in [1.82, 2.24) is 9.97 Å². The second kappa shape index (κ2) is 8.99. The monoisotopic (exact) mass is 366 g/mol. The average Bonchev–Trinajstić information content (AvgIpc) is 3.25. The molecule has 2 heterocycles. The van der Waals surface area contributed by atoms with Crippen molar-refractivity contribution in [3.8, 4) is 11.4 Å². The summed E-state index contributed by atoms with van der Waals surface area (Å²) in [6.07, 6.45) is 15.7. The Morgan fingerprint density at radius 3 is 1.85 bits per heavy atom. The molecule has 0 radical (unpaired) electrons. The standard InChI is InChI=1S/C25H38N2/c1-6-14-22-18(7-2)19(8-3)24(26-22)25-21(10-5)20(9-4)23(27-25)17-15-12-11-13-16-17/h6,14,17,26-27H,7-13,15-16H2,1-5H3/b14-6+. The molecule has 0 spiro atoms. The first-order valence-electron chi connectivity index (χ1n) is 11.3. The SMILES string of the molecule is C/C=C/c1[nH]c(-c2[nH]c(C3CCCCC3)c(CC)c2CC)c(CC)c1CC. The lowest BCUT2D eigenvalue weighted by Gasteiger charge is -2.22. The van der Waals surface area contributed by atoms with Gasteiger partial charge in [0.05, 0.1) is 11.4 Å². The highest BCUT2D eigenvalue weighted by molar-refractivity contribution is 5.72. The maximum atomic E-state index is 3.96. The molecule has 1 aliphatic rings. The molecule has 0 atom stereocenters. The van der Waals surface area contributed by atoms with Crippen molar-refractivity contribution in [3.05, 3.63) is 39.7 Å². The molecule has 1 saturated carbocycles. The van der Waals surface area contributed by atoms with Gasteiger partial charge in [-0.1, -0.05) is 53.0 Å². The second-order valence-corrected chi connectivity index (χ2v) is 7.99. The molecule has 0 bridgehead atoms. The van der Waals surface area contributed by atoms with Crippen molar-refractivity contribution >= 4 is 6.08 Å². The van der Waals surface area contributed by atoms with E-state index in [1.54, 1.807) is 16.8 Å². The van der Waals surface area contributed by atoms with Gasteiger partial charge in [-0.3, -0.25) is 0 Å². The number of aromatic nitrogens is 2. The van der Waals surface area contributed by atoms with Gasteiger partial charge < -0.3 is 9.97 Å². The van der Waals surface area contributed by atoms with Gasteiger partial charge in [0.2, 0.25) is 0 Å². The van der Waals surface area contributed by atoms with Crippen LogP contribution in [0.15, 0.2) is 6.08 Å². The maximum absolute atomic E-state index is 3.96. The van der Waals surface area contributed by atoms with Crippen LogP contribution in [0.5, 0.6) is 0 Å². The predicted octanol–water partition coefficient (Wildman–Crippen LogP) is 7.34. The van der Waals surface area contributed by atoms with E-state index < -0.39 is 0 Å². The van der Waals surface area contributed by atoms with Crippen molar-refractivity contribution in [3.63, 3.8) is 0 Å². The Balaban J connectivity index is 2.18. The lowest BCUT2D eigenvalue weighted by Crippen LogP contribution is -2.07. The molecule has 2 N–H and O–H groups in total. The average molecular weight is 367 g/mol. The molecule has 0 aliphatic heterocycles. The summed E-state index contributed by atoms with van der Waals surface area (Å²) in [4.78, 5) is 7.76. The van der Waals surface area contributed by atoms with Crippen molar-refractivity contribution in [2.75, 3.05) is 0 Å². The number of rotatable bonds is 7. The molecule has 3 rings (SSSR count). The summed E-state index contributed by atoms with van der Waals surface area (Å²) in [6, 6.07) is 0. The van der Waals surface area contributed by atoms with E-state index in [0.29, 0.717) is 0 Å². The summed E-state index contributed by atoms with van der Waals surface area (Å²) < 4.78 is 0. The van der Waals surface area contributed by atoms with Gasteiger partial charge in [-0.25, -0.2) is 0 Å². The Morgan fingerprint density at radius 2 is 1.30 bits per heavy atom. The largest absolute Gasteiger partial charge is 0.356 e. The van der Waals surface area contributed by atoms with E-state index in [9.17, 15) is 0 Å². The fourth-order valence-electron chi connectivity index (χ4n) is 5.26. The molecular weight excluding hydrogens is 328 g/mol. The lowest BCUT2D eigenvalue weighted by atomic mass is 9.84. The van der Waals surface area contributed by atoms with E-state index in [-0.39, 0.29) is 0 Å². The first kappa shape index (κ1) is 20.0. The molecule has 0 saturated heterocycles. The smallest absolute Gasteiger partial charge is 0.0662 e. The summed E-state index contributed by atoms with van der Waals surface area (Å²) in [6.45, 7) is 11.3. The Bertz CT molecular complexity index is 782. The minimum absolute atomic E-state index is 0.730. The highest BCUT2D eigenvalue weighted by Crippen LogP contribution is 2.40. The number of allylic oxidation sites excluding steroid dienone is 1. The topological polar surface area (TPSA) is 31.6 Å². The van der Waals surface area contributed by atoms with Crippen molar-refractivity contribution in [2.24, 2.45) is 0 Å². The number of H-pyrrole nitrogens is 2. The van der Waals surface area contributed by atoms with Gasteiger partial charge in [0.1, 0.15) is 0 Å². The Kier molecular flexibility index (Phi) is 6.68. The number of hydrogen-bond acceptors (Lipinski definition) is 0. The van der Waals surface area contributed by atoms with Crippen LogP contribution in [0.4, 0.5) is 0 Å². The van der Waals surface area contributed by atoms with Crippen LogP contribution in [-0.2, 0) is 25.7 Å². The van der Waals surface area contributed by atoms with Gasteiger partial charge in [0, 0.05) is 11.4 Å². The zero-order chi connectivity index (χ0) is 19.4. The van der Waals surface area contributed by atoms with Gasteiger partial charge in [0.25, 0.3) is 0 Å². The Hall–Kier alpha value is -1.70. The van der Waals surface area contributed by atoms with Crippen molar-refractivity contribution < 1.29 is 0 Å². The lowest BCUT2D eigenvalue weighted by molar-refractivity contribution is 0.436. The van der Waals surface area contributed by atoms with Crippen LogP contribution in [-0.4, -0.2) is 9.97 Å². The third-order valence-electron chi connectivity index (χ3n) is 6.51.